The van der Waals surface area contributed by atoms with Crippen molar-refractivity contribution in [2.24, 2.45) is 5.92 Å². The normalized spacial score (nSPS) is 27.6. The molecule has 2 aliphatic rings. The van der Waals surface area contributed by atoms with Gasteiger partial charge in [-0.3, -0.25) is 4.79 Å². The average molecular weight is 277 g/mol. The van der Waals surface area contributed by atoms with E-state index in [0.29, 0.717) is 5.91 Å². The summed E-state index contributed by atoms with van der Waals surface area (Å²) in [7, 11) is 0. The van der Waals surface area contributed by atoms with Gasteiger partial charge in [-0.1, -0.05) is 0 Å². The van der Waals surface area contributed by atoms with Crippen molar-refractivity contribution in [2.45, 2.75) is 38.7 Å². The third-order valence-corrected chi connectivity index (χ3v) is 3.79. The van der Waals surface area contributed by atoms with Gasteiger partial charge in [-0.05, 0) is 39.2 Å². The Kier molecular flexibility index (Phi) is 6.97. The second kappa shape index (κ2) is 7.97. The zero-order chi connectivity index (χ0) is 12.1. The highest BCUT2D eigenvalue weighted by Gasteiger charge is 2.27. The molecule has 0 saturated carbocycles. The predicted molar refractivity (Wildman–Crippen MR) is 74.1 cm³/mol. The molecule has 2 fully saturated rings. The Balaban J connectivity index is 0.00000162. The van der Waals surface area contributed by atoms with Gasteiger partial charge in [0.15, 0.2) is 0 Å². The van der Waals surface area contributed by atoms with Crippen molar-refractivity contribution in [3.8, 4) is 0 Å². The molecule has 1 N–H and O–H groups in total. The van der Waals surface area contributed by atoms with E-state index < -0.39 is 0 Å². The summed E-state index contributed by atoms with van der Waals surface area (Å²) in [5, 5.41) is 3.31. The second-order valence-corrected chi connectivity index (χ2v) is 5.06. The maximum absolute atomic E-state index is 12.3. The van der Waals surface area contributed by atoms with Crippen LogP contribution in [0.4, 0.5) is 0 Å². The summed E-state index contributed by atoms with van der Waals surface area (Å²) >= 11 is 0. The van der Waals surface area contributed by atoms with E-state index in [2.05, 4.69) is 12.2 Å². The molecule has 2 atom stereocenters. The number of piperidine rings is 1. The predicted octanol–water partition coefficient (Wildman–Crippen LogP) is 1.44. The summed E-state index contributed by atoms with van der Waals surface area (Å²) in [5.74, 6) is 0.500. The standard InChI is InChI=1S/C13H24N2O2.ClH/c1-2-15(10-12-6-4-8-17-12)13(16)11-5-3-7-14-9-11;/h11-12,14H,2-10H2,1H3;1H/t11-,12?;/m1./s1. The lowest BCUT2D eigenvalue weighted by molar-refractivity contribution is -0.137. The molecule has 2 saturated heterocycles. The summed E-state index contributed by atoms with van der Waals surface area (Å²) in [5.41, 5.74) is 0. The number of nitrogens with zero attached hydrogens (tertiary/aromatic N) is 1. The van der Waals surface area contributed by atoms with Crippen molar-refractivity contribution < 1.29 is 9.53 Å². The van der Waals surface area contributed by atoms with Gasteiger partial charge in [0.05, 0.1) is 12.0 Å². The highest BCUT2D eigenvalue weighted by molar-refractivity contribution is 5.85. The van der Waals surface area contributed by atoms with Gasteiger partial charge in [-0.2, -0.15) is 0 Å². The van der Waals surface area contributed by atoms with E-state index in [9.17, 15) is 4.79 Å². The Morgan fingerprint density at radius 1 is 1.39 bits per heavy atom. The van der Waals surface area contributed by atoms with Crippen molar-refractivity contribution in [3.63, 3.8) is 0 Å². The highest BCUT2D eigenvalue weighted by atomic mass is 35.5. The van der Waals surface area contributed by atoms with E-state index in [1.54, 1.807) is 0 Å². The summed E-state index contributed by atoms with van der Waals surface area (Å²) in [6.45, 7) is 6.41. The van der Waals surface area contributed by atoms with Gasteiger partial charge in [0, 0.05) is 26.2 Å². The smallest absolute Gasteiger partial charge is 0.227 e. The Labute approximate surface area is 116 Å². The van der Waals surface area contributed by atoms with Crippen LogP contribution < -0.4 is 5.32 Å². The number of hydrogen-bond acceptors (Lipinski definition) is 3. The molecule has 2 aliphatic heterocycles. The van der Waals surface area contributed by atoms with E-state index in [0.717, 1.165) is 58.5 Å². The van der Waals surface area contributed by atoms with Gasteiger partial charge >= 0.3 is 0 Å². The average Bonchev–Trinajstić information content (AvgIpc) is 2.89. The number of halogens is 1. The summed E-state index contributed by atoms with van der Waals surface area (Å²) in [6, 6.07) is 0. The van der Waals surface area contributed by atoms with E-state index in [-0.39, 0.29) is 24.4 Å². The fraction of sp³-hybridized carbons (Fsp3) is 0.923. The number of carbonyl (C=O) groups is 1. The highest BCUT2D eigenvalue weighted by Crippen LogP contribution is 2.17. The van der Waals surface area contributed by atoms with Crippen LogP contribution in [0.15, 0.2) is 0 Å². The van der Waals surface area contributed by atoms with Crippen LogP contribution in [0.5, 0.6) is 0 Å². The molecule has 5 heteroatoms. The topological polar surface area (TPSA) is 41.6 Å². The zero-order valence-electron chi connectivity index (χ0n) is 11.2. The molecule has 1 amide bonds. The third-order valence-electron chi connectivity index (χ3n) is 3.79. The van der Waals surface area contributed by atoms with Crippen molar-refractivity contribution in [1.82, 2.24) is 10.2 Å². The van der Waals surface area contributed by atoms with Crippen LogP contribution in [0.25, 0.3) is 0 Å². The molecule has 0 aromatic heterocycles. The molecule has 18 heavy (non-hydrogen) atoms. The lowest BCUT2D eigenvalue weighted by Crippen LogP contribution is -2.45. The van der Waals surface area contributed by atoms with Crippen molar-refractivity contribution in [2.75, 3.05) is 32.8 Å². The first-order valence-corrected chi connectivity index (χ1v) is 6.92. The maximum atomic E-state index is 12.3. The molecule has 4 nitrogen and oxygen atoms in total. The van der Waals surface area contributed by atoms with Gasteiger partial charge in [0.25, 0.3) is 0 Å². The summed E-state index contributed by atoms with van der Waals surface area (Å²) in [4.78, 5) is 14.3. The number of nitrogens with one attached hydrogen (secondary N) is 1. The molecule has 0 spiro atoms. The van der Waals surface area contributed by atoms with Crippen molar-refractivity contribution in [3.05, 3.63) is 0 Å². The molecule has 106 valence electrons. The van der Waals surface area contributed by atoms with Crippen LogP contribution in [-0.4, -0.2) is 49.7 Å². The van der Waals surface area contributed by atoms with E-state index in [1.165, 1.54) is 0 Å². The molecule has 1 unspecified atom stereocenters. The van der Waals surface area contributed by atoms with Gasteiger partial charge < -0.3 is 15.0 Å². The first-order valence-electron chi connectivity index (χ1n) is 6.92. The molecule has 0 aromatic carbocycles. The number of amides is 1. The zero-order valence-corrected chi connectivity index (χ0v) is 12.0. The van der Waals surface area contributed by atoms with Crippen LogP contribution >= 0.6 is 12.4 Å². The minimum Gasteiger partial charge on any atom is -0.376 e. The van der Waals surface area contributed by atoms with Crippen molar-refractivity contribution >= 4 is 18.3 Å². The second-order valence-electron chi connectivity index (χ2n) is 5.06. The Bertz CT molecular complexity index is 251. The fourth-order valence-electron chi connectivity index (χ4n) is 2.73. The van der Waals surface area contributed by atoms with Crippen LogP contribution in [0.1, 0.15) is 32.6 Å². The summed E-state index contributed by atoms with van der Waals surface area (Å²) < 4.78 is 5.61. The summed E-state index contributed by atoms with van der Waals surface area (Å²) in [6.07, 6.45) is 4.67. The largest absolute Gasteiger partial charge is 0.376 e. The number of ether oxygens (including phenoxy) is 1. The van der Waals surface area contributed by atoms with E-state index in [4.69, 9.17) is 4.74 Å². The third kappa shape index (κ3) is 4.11. The van der Waals surface area contributed by atoms with E-state index >= 15 is 0 Å². The first kappa shape index (κ1) is 15.7. The first-order chi connectivity index (χ1) is 8.31. The molecule has 2 rings (SSSR count). The molecule has 0 radical (unpaired) electrons. The maximum Gasteiger partial charge on any atom is 0.227 e. The van der Waals surface area contributed by atoms with Gasteiger partial charge in [-0.25, -0.2) is 0 Å². The monoisotopic (exact) mass is 276 g/mol. The van der Waals surface area contributed by atoms with Crippen LogP contribution in [0.2, 0.25) is 0 Å². The van der Waals surface area contributed by atoms with Gasteiger partial charge in [0.2, 0.25) is 5.91 Å². The molecule has 0 aliphatic carbocycles. The van der Waals surface area contributed by atoms with Crippen molar-refractivity contribution in [1.29, 1.82) is 0 Å². The molecular formula is C13H25ClN2O2. The number of rotatable bonds is 4. The Morgan fingerprint density at radius 3 is 2.78 bits per heavy atom. The quantitative estimate of drug-likeness (QED) is 0.845. The van der Waals surface area contributed by atoms with Gasteiger partial charge in [-0.15, -0.1) is 12.4 Å². The van der Waals surface area contributed by atoms with Crippen LogP contribution in [-0.2, 0) is 9.53 Å². The van der Waals surface area contributed by atoms with Crippen LogP contribution in [0, 0.1) is 5.92 Å². The molecular weight excluding hydrogens is 252 g/mol. The lowest BCUT2D eigenvalue weighted by Gasteiger charge is -2.30. The molecule has 0 aromatic rings. The number of carbonyl (C=O) groups excluding carboxylic acids is 1. The fourth-order valence-corrected chi connectivity index (χ4v) is 2.73. The molecule has 0 bridgehead atoms. The Hall–Kier alpha value is -0.320. The van der Waals surface area contributed by atoms with Gasteiger partial charge in [0.1, 0.15) is 0 Å². The minimum absolute atomic E-state index is 0. The van der Waals surface area contributed by atoms with E-state index in [1.807, 2.05) is 4.90 Å². The van der Waals surface area contributed by atoms with Crippen LogP contribution in [0.3, 0.4) is 0 Å². The number of hydrogen-bond donors (Lipinski definition) is 1. The molecule has 2 heterocycles. The number of likely N-dealkylation sites (N-methyl/N-ethyl adjacent to an activating group) is 1. The lowest BCUT2D eigenvalue weighted by atomic mass is 9.98. The SMILES string of the molecule is CCN(CC1CCCO1)C(=O)[C@@H]1CCCNC1.Cl. The Morgan fingerprint density at radius 2 is 2.22 bits per heavy atom. The minimum atomic E-state index is 0.